The van der Waals surface area contributed by atoms with E-state index in [0.717, 1.165) is 0 Å². The van der Waals surface area contributed by atoms with Crippen molar-refractivity contribution in [3.05, 3.63) is 143 Å². The molecule has 0 atom stereocenters. The Balaban J connectivity index is 1.26. The summed E-state index contributed by atoms with van der Waals surface area (Å²) in [5.74, 6) is 0. The molecule has 60 heavy (non-hydrogen) atoms. The molecule has 8 aromatic rings. The molecule has 2 aliphatic heterocycles. The Morgan fingerprint density at radius 2 is 1.20 bits per heavy atom. The van der Waals surface area contributed by atoms with Crippen LogP contribution < -0.4 is 20.9 Å². The predicted molar refractivity (Wildman–Crippen MR) is 263 cm³/mol. The Morgan fingerprint density at radius 3 is 1.90 bits per heavy atom. The average molecular weight is 795 g/mol. The van der Waals surface area contributed by atoms with Crippen LogP contribution in [0.25, 0.3) is 60.5 Å². The van der Waals surface area contributed by atoms with Crippen LogP contribution >= 0.6 is 0 Å². The second-order valence-corrected chi connectivity index (χ2v) is 26.9. The quantitative estimate of drug-likeness (QED) is 0.158. The van der Waals surface area contributed by atoms with Crippen LogP contribution in [0.1, 0.15) is 87.8 Å². The minimum Gasteiger partial charge on any atom is -0.376 e. The Labute approximate surface area is 357 Å². The predicted octanol–water partition coefficient (Wildman–Crippen LogP) is 13.0. The third-order valence-electron chi connectivity index (χ3n) is 15.6. The van der Waals surface area contributed by atoms with Gasteiger partial charge in [0.25, 0.3) is 0 Å². The van der Waals surface area contributed by atoms with Crippen LogP contribution in [0.2, 0.25) is 19.6 Å². The topological polar surface area (TPSA) is 8.17 Å². The van der Waals surface area contributed by atoms with Crippen LogP contribution in [-0.2, 0) is 16.2 Å². The summed E-state index contributed by atoms with van der Waals surface area (Å²) < 4.78 is 2.67. The summed E-state index contributed by atoms with van der Waals surface area (Å²) >= 11 is 0. The fourth-order valence-electron chi connectivity index (χ4n) is 12.2. The first-order valence-electron chi connectivity index (χ1n) is 22.3. The second-order valence-electron chi connectivity index (χ2n) is 21.8. The molecule has 0 N–H and O–H groups in total. The molecule has 12 rings (SSSR count). The highest BCUT2D eigenvalue weighted by Gasteiger charge is 2.48. The van der Waals surface area contributed by atoms with Crippen LogP contribution in [0.3, 0.4) is 0 Å². The van der Waals surface area contributed by atoms with E-state index in [0.29, 0.717) is 0 Å². The van der Waals surface area contributed by atoms with E-state index in [1.165, 1.54) is 118 Å². The van der Waals surface area contributed by atoms with Crippen molar-refractivity contribution in [2.45, 2.75) is 104 Å². The molecule has 7 aromatic carbocycles. The van der Waals surface area contributed by atoms with Gasteiger partial charge in [-0.1, -0.05) is 133 Å². The number of hydrogen-bond donors (Lipinski definition) is 0. The Hall–Kier alpha value is -5.32. The zero-order valence-corrected chi connectivity index (χ0v) is 38.3. The van der Waals surface area contributed by atoms with E-state index in [1.54, 1.807) is 16.3 Å². The lowest BCUT2D eigenvalue weighted by Crippen LogP contribution is -2.61. The lowest BCUT2D eigenvalue weighted by atomic mass is 9.43. The fraction of sp³-hybridized carbons (Fsp3) is 0.286. The van der Waals surface area contributed by atoms with E-state index in [2.05, 4.69) is 194 Å². The van der Waals surface area contributed by atoms with Crippen LogP contribution in [0.5, 0.6) is 0 Å². The standard InChI is InChI=1S/C56H55BN2Si/c1-32-16-19-36(20-17-32)59-49-31-43-37(38-28-44-45(30-42(38)56(43,7)8)55(5,6)23-22-54(44,3)4)27-39(49)40-29-50(60(9,10)11)51-41-25-34-14-12-13-15-35(34)26-48(41)58-47-21-18-33(2)24-46(47)57(59)52(40)53(51)58/h12-21,24-31H,22-23H2,1-11H3. The maximum Gasteiger partial charge on any atom is 0.333 e. The van der Waals surface area contributed by atoms with Gasteiger partial charge in [0.2, 0.25) is 0 Å². The minimum absolute atomic E-state index is 0.00775. The lowest BCUT2D eigenvalue weighted by Gasteiger charge is -2.43. The van der Waals surface area contributed by atoms with Gasteiger partial charge in [-0.15, -0.1) is 0 Å². The van der Waals surface area contributed by atoms with Crippen molar-refractivity contribution in [3.63, 3.8) is 0 Å². The molecule has 296 valence electrons. The van der Waals surface area contributed by atoms with Gasteiger partial charge in [0.05, 0.1) is 19.1 Å². The monoisotopic (exact) mass is 794 g/mol. The van der Waals surface area contributed by atoms with Gasteiger partial charge >= 0.3 is 6.85 Å². The largest absolute Gasteiger partial charge is 0.376 e. The number of nitrogens with zero attached hydrogens (tertiary/aromatic N) is 2. The first-order chi connectivity index (χ1) is 28.4. The van der Waals surface area contributed by atoms with E-state index >= 15 is 0 Å². The van der Waals surface area contributed by atoms with E-state index in [9.17, 15) is 0 Å². The molecule has 0 saturated heterocycles. The summed E-state index contributed by atoms with van der Waals surface area (Å²) in [5, 5.41) is 6.99. The highest BCUT2D eigenvalue weighted by atomic mass is 28.3. The van der Waals surface area contributed by atoms with Gasteiger partial charge < -0.3 is 9.38 Å². The van der Waals surface area contributed by atoms with Crippen LogP contribution in [0.15, 0.2) is 109 Å². The van der Waals surface area contributed by atoms with Gasteiger partial charge in [-0.2, -0.15) is 0 Å². The number of aryl methyl sites for hydroxylation is 2. The zero-order valence-electron chi connectivity index (χ0n) is 37.3. The number of hydrogen-bond acceptors (Lipinski definition) is 1. The van der Waals surface area contributed by atoms with Crippen molar-refractivity contribution in [1.82, 2.24) is 4.57 Å². The smallest absolute Gasteiger partial charge is 0.333 e. The summed E-state index contributed by atoms with van der Waals surface area (Å²) in [6, 6.07) is 43.7. The number of fused-ring (bicyclic) bond motifs is 13. The summed E-state index contributed by atoms with van der Waals surface area (Å²) in [4.78, 5) is 2.73. The highest BCUT2D eigenvalue weighted by Crippen LogP contribution is 2.57. The first-order valence-corrected chi connectivity index (χ1v) is 25.8. The number of benzene rings is 7. The van der Waals surface area contributed by atoms with Crippen molar-refractivity contribution >= 4 is 75.0 Å². The number of rotatable bonds is 2. The molecule has 1 aromatic heterocycles. The van der Waals surface area contributed by atoms with Crippen molar-refractivity contribution in [2.24, 2.45) is 0 Å². The van der Waals surface area contributed by atoms with Crippen molar-refractivity contribution in [1.29, 1.82) is 0 Å². The summed E-state index contributed by atoms with van der Waals surface area (Å²) in [5.41, 5.74) is 23.8. The average Bonchev–Trinajstić information content (AvgIpc) is 3.64. The maximum atomic E-state index is 2.73. The SMILES string of the molecule is Cc1ccc(N2B3c4cc(C)ccc4-n4c5cc6ccccc6cc5c5c([Si](C)(C)C)cc(c3c54)-c3cc4c(cc32)C(C)(C)c2cc3c(cc2-4)C(C)(C)CCC3(C)C)cc1. The van der Waals surface area contributed by atoms with Gasteiger partial charge in [0, 0.05) is 38.8 Å². The molecule has 3 heterocycles. The van der Waals surface area contributed by atoms with Crippen molar-refractivity contribution < 1.29 is 0 Å². The van der Waals surface area contributed by atoms with Crippen LogP contribution in [0.4, 0.5) is 11.4 Å². The first kappa shape index (κ1) is 36.5. The van der Waals surface area contributed by atoms with Crippen LogP contribution in [-0.4, -0.2) is 19.5 Å². The van der Waals surface area contributed by atoms with Crippen molar-refractivity contribution in [2.75, 3.05) is 4.81 Å². The molecular weight excluding hydrogens is 740 g/mol. The molecule has 4 aliphatic rings. The van der Waals surface area contributed by atoms with Crippen LogP contribution in [0, 0.1) is 13.8 Å². The van der Waals surface area contributed by atoms with E-state index in [4.69, 9.17) is 0 Å². The third-order valence-corrected chi connectivity index (χ3v) is 17.6. The van der Waals surface area contributed by atoms with Gasteiger partial charge in [0.15, 0.2) is 0 Å². The molecule has 0 bridgehead atoms. The van der Waals surface area contributed by atoms with Gasteiger partial charge in [-0.25, -0.2) is 0 Å². The Bertz CT molecular complexity index is 3240. The van der Waals surface area contributed by atoms with E-state index < -0.39 is 8.07 Å². The van der Waals surface area contributed by atoms with E-state index in [-0.39, 0.29) is 23.1 Å². The second kappa shape index (κ2) is 11.5. The van der Waals surface area contributed by atoms with Gasteiger partial charge in [-0.3, -0.25) is 0 Å². The number of aromatic nitrogens is 1. The molecule has 0 radical (unpaired) electrons. The minimum atomic E-state index is -1.91. The summed E-state index contributed by atoms with van der Waals surface area (Å²) in [7, 11) is -1.91. The fourth-order valence-corrected chi connectivity index (χ4v) is 13.7. The molecule has 4 heteroatoms. The third kappa shape index (κ3) is 4.66. The van der Waals surface area contributed by atoms with Gasteiger partial charge in [-0.05, 0) is 152 Å². The molecule has 0 saturated carbocycles. The molecule has 0 unspecified atom stereocenters. The molecule has 0 spiro atoms. The Morgan fingerprint density at radius 1 is 0.567 bits per heavy atom. The number of anilines is 2. The van der Waals surface area contributed by atoms with Crippen molar-refractivity contribution in [3.8, 4) is 27.9 Å². The van der Waals surface area contributed by atoms with E-state index in [1.807, 2.05) is 0 Å². The zero-order chi connectivity index (χ0) is 41.6. The van der Waals surface area contributed by atoms with Gasteiger partial charge in [0.1, 0.15) is 0 Å². The highest BCUT2D eigenvalue weighted by molar-refractivity contribution is 6.95. The molecule has 0 amide bonds. The summed E-state index contributed by atoms with van der Waals surface area (Å²) in [6.07, 6.45) is 2.44. The molecule has 2 nitrogen and oxygen atoms in total. The summed E-state index contributed by atoms with van der Waals surface area (Å²) in [6.45, 7) is 27.0. The Kier molecular flexibility index (Phi) is 7.02. The normalized spacial score (nSPS) is 17.4. The molecule has 0 fully saturated rings. The molecular formula is C56H55BN2Si. The molecule has 2 aliphatic carbocycles. The maximum absolute atomic E-state index is 2.73. The lowest BCUT2D eigenvalue weighted by molar-refractivity contribution is 0.331.